The molecule has 0 radical (unpaired) electrons. The molecule has 9 heteroatoms. The van der Waals surface area contributed by atoms with Crippen LogP contribution in [0.1, 0.15) is 5.76 Å². The summed E-state index contributed by atoms with van der Waals surface area (Å²) < 4.78 is 7.11. The fourth-order valence-corrected chi connectivity index (χ4v) is 2.97. The average molecular weight is 364 g/mol. The molecule has 0 bridgehead atoms. The van der Waals surface area contributed by atoms with E-state index in [-0.39, 0.29) is 16.8 Å². The van der Waals surface area contributed by atoms with E-state index in [2.05, 4.69) is 20.5 Å². The Kier molecular flexibility index (Phi) is 4.86. The summed E-state index contributed by atoms with van der Waals surface area (Å²) in [6.07, 6.45) is 3.17. The number of pyridine rings is 1. The molecule has 0 saturated heterocycles. The Morgan fingerprint density at radius 2 is 2.25 bits per heavy atom. The molecule has 3 rings (SSSR count). The van der Waals surface area contributed by atoms with Crippen molar-refractivity contribution in [1.82, 2.24) is 19.7 Å². The van der Waals surface area contributed by atoms with Crippen LogP contribution < -0.4 is 5.32 Å². The maximum Gasteiger partial charge on any atom is 0.234 e. The van der Waals surface area contributed by atoms with E-state index in [1.165, 1.54) is 11.8 Å². The Bertz CT molecular complexity index is 876. The molecule has 0 atom stereocenters. The molecule has 0 spiro atoms. The lowest BCUT2D eigenvalue weighted by molar-refractivity contribution is -0.113. The summed E-state index contributed by atoms with van der Waals surface area (Å²) in [7, 11) is 1.85. The Labute approximate surface area is 147 Å². The summed E-state index contributed by atoms with van der Waals surface area (Å²) >= 11 is 7.21. The number of aryl methyl sites for hydroxylation is 1. The van der Waals surface area contributed by atoms with Crippen LogP contribution in [0.15, 0.2) is 40.2 Å². The van der Waals surface area contributed by atoms with Crippen LogP contribution in [0.2, 0.25) is 5.15 Å². The molecule has 0 saturated carbocycles. The number of amides is 1. The van der Waals surface area contributed by atoms with E-state index < -0.39 is 0 Å². The smallest absolute Gasteiger partial charge is 0.234 e. The summed E-state index contributed by atoms with van der Waals surface area (Å²) in [5.41, 5.74) is 1.36. The number of rotatable bonds is 5. The third kappa shape index (κ3) is 3.44. The van der Waals surface area contributed by atoms with Crippen LogP contribution >= 0.6 is 23.4 Å². The molecule has 0 aliphatic carbocycles. The number of thioether (sulfide) groups is 1. The lowest BCUT2D eigenvalue weighted by atomic mass is 10.2. The first-order valence-electron chi connectivity index (χ1n) is 7.03. The zero-order valence-electron chi connectivity index (χ0n) is 13.0. The molecule has 3 aromatic heterocycles. The molecule has 124 valence electrons. The molecule has 0 fully saturated rings. The van der Waals surface area contributed by atoms with Crippen molar-refractivity contribution in [3.05, 3.63) is 41.6 Å². The van der Waals surface area contributed by atoms with Gasteiger partial charge in [0.25, 0.3) is 0 Å². The molecule has 1 amide bonds. The molecular formula is C15H14ClN5O2S. The van der Waals surface area contributed by atoms with Gasteiger partial charge in [-0.2, -0.15) is 0 Å². The number of hydrogen-bond donors (Lipinski definition) is 1. The summed E-state index contributed by atoms with van der Waals surface area (Å²) in [5, 5.41) is 11.9. The van der Waals surface area contributed by atoms with E-state index >= 15 is 0 Å². The highest BCUT2D eigenvalue weighted by atomic mass is 35.5. The van der Waals surface area contributed by atoms with Crippen molar-refractivity contribution >= 4 is 35.0 Å². The minimum Gasteiger partial charge on any atom is -0.469 e. The standard InChI is InChI=1S/C15H14ClN5O2S/c1-9-10(5-7-23-9)14-19-20-15(21(14)2)24-8-12(22)18-11-4-3-6-17-13(11)16/h3-7H,8H2,1-2H3,(H,18,22). The lowest BCUT2D eigenvalue weighted by Gasteiger charge is -2.06. The third-order valence-electron chi connectivity index (χ3n) is 3.30. The quantitative estimate of drug-likeness (QED) is 0.553. The van der Waals surface area contributed by atoms with Gasteiger partial charge < -0.3 is 14.3 Å². The summed E-state index contributed by atoms with van der Waals surface area (Å²) in [6.45, 7) is 1.86. The molecule has 7 nitrogen and oxygen atoms in total. The van der Waals surface area contributed by atoms with Crippen molar-refractivity contribution in [3.63, 3.8) is 0 Å². The molecular weight excluding hydrogens is 350 g/mol. The van der Waals surface area contributed by atoms with E-state index in [1.807, 2.05) is 24.6 Å². The number of nitrogens with one attached hydrogen (secondary N) is 1. The normalized spacial score (nSPS) is 10.8. The molecule has 1 N–H and O–H groups in total. The van der Waals surface area contributed by atoms with Crippen molar-refractivity contribution in [3.8, 4) is 11.4 Å². The average Bonchev–Trinajstić information content (AvgIpc) is 3.13. The van der Waals surface area contributed by atoms with Crippen LogP contribution in [0, 0.1) is 6.92 Å². The number of carbonyl (C=O) groups excluding carboxylic acids is 1. The molecule has 3 aromatic rings. The maximum absolute atomic E-state index is 12.0. The zero-order chi connectivity index (χ0) is 17.1. The molecule has 24 heavy (non-hydrogen) atoms. The first kappa shape index (κ1) is 16.5. The number of nitrogens with zero attached hydrogens (tertiary/aromatic N) is 4. The molecule has 0 unspecified atom stereocenters. The predicted octanol–water partition coefficient (Wildman–Crippen LogP) is 3.16. The molecule has 0 aliphatic rings. The van der Waals surface area contributed by atoms with Gasteiger partial charge in [-0.1, -0.05) is 23.4 Å². The highest BCUT2D eigenvalue weighted by Gasteiger charge is 2.16. The summed E-state index contributed by atoms with van der Waals surface area (Å²) in [5.74, 6) is 1.45. The van der Waals surface area contributed by atoms with Crippen LogP contribution in [-0.4, -0.2) is 31.4 Å². The summed E-state index contributed by atoms with van der Waals surface area (Å²) in [6, 6.07) is 5.24. The Balaban J connectivity index is 1.65. The van der Waals surface area contributed by atoms with Crippen LogP contribution in [0.25, 0.3) is 11.4 Å². The van der Waals surface area contributed by atoms with Gasteiger partial charge in [0, 0.05) is 13.2 Å². The van der Waals surface area contributed by atoms with Gasteiger partial charge in [-0.3, -0.25) is 4.79 Å². The third-order valence-corrected chi connectivity index (χ3v) is 4.62. The minimum atomic E-state index is -0.195. The van der Waals surface area contributed by atoms with E-state index in [1.54, 1.807) is 24.6 Å². The zero-order valence-corrected chi connectivity index (χ0v) is 14.6. The summed E-state index contributed by atoms with van der Waals surface area (Å²) in [4.78, 5) is 16.0. The van der Waals surface area contributed by atoms with Crippen molar-refractivity contribution < 1.29 is 9.21 Å². The Hall–Kier alpha value is -2.32. The SMILES string of the molecule is Cc1occc1-c1nnc(SCC(=O)Nc2cccnc2Cl)n1C. The number of aromatic nitrogens is 4. The second-order valence-electron chi connectivity index (χ2n) is 4.93. The number of halogens is 1. The van der Waals surface area contributed by atoms with Crippen LogP contribution in [0.5, 0.6) is 0 Å². The molecule has 3 heterocycles. The van der Waals surface area contributed by atoms with Crippen LogP contribution in [-0.2, 0) is 11.8 Å². The number of furan rings is 1. The first-order chi connectivity index (χ1) is 11.6. The van der Waals surface area contributed by atoms with Gasteiger partial charge in [-0.25, -0.2) is 4.98 Å². The van der Waals surface area contributed by atoms with Gasteiger partial charge in [0.05, 0.1) is 23.3 Å². The number of hydrogen-bond acceptors (Lipinski definition) is 6. The highest BCUT2D eigenvalue weighted by molar-refractivity contribution is 7.99. The van der Waals surface area contributed by atoms with Crippen molar-refractivity contribution in [2.45, 2.75) is 12.1 Å². The molecule has 0 aliphatic heterocycles. The minimum absolute atomic E-state index is 0.182. The Morgan fingerprint density at radius 3 is 2.96 bits per heavy atom. The Morgan fingerprint density at radius 1 is 1.42 bits per heavy atom. The van der Waals surface area contributed by atoms with Crippen LogP contribution in [0.3, 0.4) is 0 Å². The van der Waals surface area contributed by atoms with Crippen molar-refractivity contribution in [1.29, 1.82) is 0 Å². The first-order valence-corrected chi connectivity index (χ1v) is 8.39. The number of carbonyl (C=O) groups is 1. The highest BCUT2D eigenvalue weighted by Crippen LogP contribution is 2.26. The second kappa shape index (κ2) is 7.06. The largest absolute Gasteiger partial charge is 0.469 e. The van der Waals surface area contributed by atoms with Crippen LogP contribution in [0.4, 0.5) is 5.69 Å². The van der Waals surface area contributed by atoms with Crippen molar-refractivity contribution in [2.24, 2.45) is 7.05 Å². The second-order valence-corrected chi connectivity index (χ2v) is 6.23. The van der Waals surface area contributed by atoms with Gasteiger partial charge in [0.15, 0.2) is 16.1 Å². The van der Waals surface area contributed by atoms with Gasteiger partial charge in [0.1, 0.15) is 5.76 Å². The predicted molar refractivity (Wildman–Crippen MR) is 92.0 cm³/mol. The number of anilines is 1. The van der Waals surface area contributed by atoms with E-state index in [0.717, 1.165) is 11.3 Å². The fourth-order valence-electron chi connectivity index (χ4n) is 2.09. The van der Waals surface area contributed by atoms with Gasteiger partial charge in [-0.15, -0.1) is 10.2 Å². The van der Waals surface area contributed by atoms with E-state index in [0.29, 0.717) is 16.7 Å². The lowest BCUT2D eigenvalue weighted by Crippen LogP contribution is -2.15. The van der Waals surface area contributed by atoms with Gasteiger partial charge >= 0.3 is 0 Å². The topological polar surface area (TPSA) is 85.8 Å². The fraction of sp³-hybridized carbons (Fsp3) is 0.200. The van der Waals surface area contributed by atoms with Gasteiger partial charge in [-0.05, 0) is 25.1 Å². The monoisotopic (exact) mass is 363 g/mol. The van der Waals surface area contributed by atoms with E-state index in [9.17, 15) is 4.79 Å². The maximum atomic E-state index is 12.0. The van der Waals surface area contributed by atoms with Crippen molar-refractivity contribution in [2.75, 3.05) is 11.1 Å². The van der Waals surface area contributed by atoms with Gasteiger partial charge in [0.2, 0.25) is 5.91 Å². The molecule has 0 aromatic carbocycles. The van der Waals surface area contributed by atoms with E-state index in [4.69, 9.17) is 16.0 Å².